The predicted octanol–water partition coefficient (Wildman–Crippen LogP) is 3.16. The van der Waals surface area contributed by atoms with E-state index in [4.69, 9.17) is 11.6 Å². The number of aryl methyl sites for hydroxylation is 1. The van der Waals surface area contributed by atoms with Crippen molar-refractivity contribution in [2.24, 2.45) is 0 Å². The van der Waals surface area contributed by atoms with Gasteiger partial charge < -0.3 is 5.11 Å². The maximum atomic E-state index is 9.61. The maximum absolute atomic E-state index is 9.61. The van der Waals surface area contributed by atoms with E-state index in [1.807, 2.05) is 19.1 Å². The molecule has 0 aliphatic carbocycles. The summed E-state index contributed by atoms with van der Waals surface area (Å²) in [7, 11) is 0. The third-order valence-corrected chi connectivity index (χ3v) is 2.53. The summed E-state index contributed by atoms with van der Waals surface area (Å²) in [5.74, 6) is 0.216. The zero-order valence-electron chi connectivity index (χ0n) is 7.79. The Hall–Kier alpha value is -1.28. The number of rotatable bonds is 1. The molecule has 1 heterocycles. The Labute approximate surface area is 87.2 Å². The average molecular weight is 208 g/mol. The second kappa shape index (κ2) is 3.46. The molecular weight excluding hydrogens is 198 g/mol. The number of nitrogens with zero attached hydrogens (tertiary/aromatic N) is 1. The Bertz CT molecular complexity index is 482. The second-order valence-electron chi connectivity index (χ2n) is 3.11. The van der Waals surface area contributed by atoms with Crippen LogP contribution in [0.25, 0.3) is 10.9 Å². The van der Waals surface area contributed by atoms with Crippen molar-refractivity contribution < 1.29 is 5.11 Å². The standard InChI is InChI=1S/C11H10ClNO/c1-2-9-11(14)6-7-8(12)4-3-5-10(7)13-9/h3-6,14H,2H2,1H3. The lowest BCUT2D eigenvalue weighted by Crippen LogP contribution is -1.89. The minimum Gasteiger partial charge on any atom is -0.506 e. The van der Waals surface area contributed by atoms with Gasteiger partial charge in [0.25, 0.3) is 0 Å². The summed E-state index contributed by atoms with van der Waals surface area (Å²) in [6.07, 6.45) is 0.717. The topological polar surface area (TPSA) is 33.1 Å². The zero-order valence-corrected chi connectivity index (χ0v) is 8.54. The fourth-order valence-corrected chi connectivity index (χ4v) is 1.67. The van der Waals surface area contributed by atoms with E-state index in [0.717, 1.165) is 10.9 Å². The van der Waals surface area contributed by atoms with Crippen molar-refractivity contribution in [1.82, 2.24) is 4.98 Å². The van der Waals surface area contributed by atoms with Crippen LogP contribution in [-0.4, -0.2) is 10.1 Å². The normalized spacial score (nSPS) is 10.7. The van der Waals surface area contributed by atoms with Gasteiger partial charge in [-0.15, -0.1) is 0 Å². The van der Waals surface area contributed by atoms with Crippen LogP contribution in [0.3, 0.4) is 0 Å². The molecule has 0 unspecified atom stereocenters. The van der Waals surface area contributed by atoms with Crippen molar-refractivity contribution in [3.63, 3.8) is 0 Å². The van der Waals surface area contributed by atoms with Crippen LogP contribution >= 0.6 is 11.6 Å². The zero-order chi connectivity index (χ0) is 10.1. The number of benzene rings is 1. The SMILES string of the molecule is CCc1nc2cccc(Cl)c2cc1O. The second-order valence-corrected chi connectivity index (χ2v) is 3.52. The number of aromatic nitrogens is 1. The summed E-state index contributed by atoms with van der Waals surface area (Å²) in [5.41, 5.74) is 1.53. The van der Waals surface area contributed by atoms with Gasteiger partial charge in [-0.05, 0) is 24.6 Å². The van der Waals surface area contributed by atoms with E-state index in [1.54, 1.807) is 12.1 Å². The number of hydrogen-bond donors (Lipinski definition) is 1. The first kappa shape index (κ1) is 9.28. The number of aromatic hydroxyl groups is 1. The highest BCUT2D eigenvalue weighted by Crippen LogP contribution is 2.27. The molecule has 72 valence electrons. The van der Waals surface area contributed by atoms with Gasteiger partial charge in [0.2, 0.25) is 0 Å². The molecular formula is C11H10ClNO. The van der Waals surface area contributed by atoms with Crippen LogP contribution in [-0.2, 0) is 6.42 Å². The molecule has 1 aromatic carbocycles. The smallest absolute Gasteiger partial charge is 0.137 e. The Morgan fingerprint density at radius 2 is 2.21 bits per heavy atom. The molecule has 0 bridgehead atoms. The van der Waals surface area contributed by atoms with Crippen LogP contribution < -0.4 is 0 Å². The lowest BCUT2D eigenvalue weighted by atomic mass is 10.1. The Morgan fingerprint density at radius 1 is 1.43 bits per heavy atom. The summed E-state index contributed by atoms with van der Waals surface area (Å²) < 4.78 is 0. The molecule has 2 rings (SSSR count). The van der Waals surface area contributed by atoms with Crippen LogP contribution in [0.2, 0.25) is 5.02 Å². The molecule has 2 aromatic rings. The van der Waals surface area contributed by atoms with Gasteiger partial charge in [0.05, 0.1) is 16.2 Å². The van der Waals surface area contributed by atoms with Gasteiger partial charge in [0.1, 0.15) is 5.75 Å². The first-order valence-electron chi connectivity index (χ1n) is 4.49. The quantitative estimate of drug-likeness (QED) is 0.779. The first-order valence-corrected chi connectivity index (χ1v) is 4.87. The summed E-state index contributed by atoms with van der Waals surface area (Å²) in [5, 5.41) is 11.0. The van der Waals surface area contributed by atoms with Crippen molar-refractivity contribution in [3.05, 3.63) is 35.0 Å². The van der Waals surface area contributed by atoms with E-state index >= 15 is 0 Å². The summed E-state index contributed by atoms with van der Waals surface area (Å²) >= 11 is 5.97. The molecule has 0 spiro atoms. The molecule has 0 radical (unpaired) electrons. The summed E-state index contributed by atoms with van der Waals surface area (Å²) in [6.45, 7) is 1.96. The largest absolute Gasteiger partial charge is 0.506 e. The van der Waals surface area contributed by atoms with Crippen LogP contribution in [0.4, 0.5) is 0 Å². The van der Waals surface area contributed by atoms with E-state index in [0.29, 0.717) is 17.1 Å². The van der Waals surface area contributed by atoms with E-state index < -0.39 is 0 Å². The first-order chi connectivity index (χ1) is 6.72. The Kier molecular flexibility index (Phi) is 2.30. The van der Waals surface area contributed by atoms with Crippen molar-refractivity contribution >= 4 is 22.5 Å². The molecule has 0 atom stereocenters. The fourth-order valence-electron chi connectivity index (χ4n) is 1.45. The van der Waals surface area contributed by atoms with Gasteiger partial charge in [-0.1, -0.05) is 24.6 Å². The Morgan fingerprint density at radius 3 is 2.93 bits per heavy atom. The van der Waals surface area contributed by atoms with E-state index in [-0.39, 0.29) is 5.75 Å². The van der Waals surface area contributed by atoms with Gasteiger partial charge in [0, 0.05) is 5.39 Å². The molecule has 0 amide bonds. The molecule has 1 N–H and O–H groups in total. The van der Waals surface area contributed by atoms with E-state index in [1.165, 1.54) is 0 Å². The molecule has 1 aromatic heterocycles. The minimum absolute atomic E-state index is 0.216. The molecule has 0 fully saturated rings. The van der Waals surface area contributed by atoms with Crippen molar-refractivity contribution in [1.29, 1.82) is 0 Å². The summed E-state index contributed by atoms with van der Waals surface area (Å²) in [4.78, 5) is 4.32. The molecule has 14 heavy (non-hydrogen) atoms. The maximum Gasteiger partial charge on any atom is 0.137 e. The monoisotopic (exact) mass is 207 g/mol. The third kappa shape index (κ3) is 1.42. The van der Waals surface area contributed by atoms with Crippen molar-refractivity contribution in [2.75, 3.05) is 0 Å². The van der Waals surface area contributed by atoms with Crippen LogP contribution in [0.5, 0.6) is 5.75 Å². The third-order valence-electron chi connectivity index (χ3n) is 2.20. The lowest BCUT2D eigenvalue weighted by Gasteiger charge is -2.04. The average Bonchev–Trinajstić information content (AvgIpc) is 2.19. The van der Waals surface area contributed by atoms with E-state index in [9.17, 15) is 5.11 Å². The van der Waals surface area contributed by atoms with Gasteiger partial charge in [0.15, 0.2) is 0 Å². The molecule has 0 saturated heterocycles. The van der Waals surface area contributed by atoms with Crippen LogP contribution in [0.1, 0.15) is 12.6 Å². The number of halogens is 1. The van der Waals surface area contributed by atoms with Gasteiger partial charge >= 0.3 is 0 Å². The van der Waals surface area contributed by atoms with Crippen LogP contribution in [0.15, 0.2) is 24.3 Å². The summed E-state index contributed by atoms with van der Waals surface area (Å²) in [6, 6.07) is 7.20. The molecule has 0 saturated carbocycles. The molecule has 0 aliphatic rings. The molecule has 3 heteroatoms. The Balaban J connectivity index is 2.79. The van der Waals surface area contributed by atoms with Gasteiger partial charge in [-0.25, -0.2) is 4.98 Å². The highest BCUT2D eigenvalue weighted by Gasteiger charge is 2.05. The lowest BCUT2D eigenvalue weighted by molar-refractivity contribution is 0.466. The van der Waals surface area contributed by atoms with E-state index in [2.05, 4.69) is 4.98 Å². The van der Waals surface area contributed by atoms with Crippen molar-refractivity contribution in [2.45, 2.75) is 13.3 Å². The minimum atomic E-state index is 0.216. The van der Waals surface area contributed by atoms with Crippen LogP contribution in [0, 0.1) is 0 Å². The highest BCUT2D eigenvalue weighted by molar-refractivity contribution is 6.35. The fraction of sp³-hybridized carbons (Fsp3) is 0.182. The number of fused-ring (bicyclic) bond motifs is 1. The van der Waals surface area contributed by atoms with Gasteiger partial charge in [-0.2, -0.15) is 0 Å². The molecule has 2 nitrogen and oxygen atoms in total. The number of pyridine rings is 1. The highest BCUT2D eigenvalue weighted by atomic mass is 35.5. The number of hydrogen-bond acceptors (Lipinski definition) is 2. The predicted molar refractivity (Wildman–Crippen MR) is 57.8 cm³/mol. The van der Waals surface area contributed by atoms with Crippen molar-refractivity contribution in [3.8, 4) is 5.75 Å². The van der Waals surface area contributed by atoms with Gasteiger partial charge in [-0.3, -0.25) is 0 Å². The molecule has 0 aliphatic heterocycles.